The van der Waals surface area contributed by atoms with Crippen molar-refractivity contribution in [3.63, 3.8) is 0 Å². The number of hydrogen-bond donors (Lipinski definition) is 1. The van der Waals surface area contributed by atoms with Gasteiger partial charge >= 0.3 is 0 Å². The second kappa shape index (κ2) is 10.2. The molecule has 0 aliphatic carbocycles. The van der Waals surface area contributed by atoms with Gasteiger partial charge in [-0.05, 0) is 43.3 Å². The first kappa shape index (κ1) is 22.4. The number of aromatic nitrogens is 3. The predicted octanol–water partition coefficient (Wildman–Crippen LogP) is 2.65. The Hall–Kier alpha value is -3.75. The molecule has 172 valence electrons. The van der Waals surface area contributed by atoms with Crippen LogP contribution in [0.2, 0.25) is 0 Å². The molecule has 9 heteroatoms. The average molecular weight is 452 g/mol. The molecule has 0 saturated carbocycles. The number of benzene rings is 2. The molecule has 1 fully saturated rings. The van der Waals surface area contributed by atoms with Crippen LogP contribution in [0.25, 0.3) is 11.4 Å². The maximum absolute atomic E-state index is 13.1. The van der Waals surface area contributed by atoms with Gasteiger partial charge in [0.25, 0.3) is 5.56 Å². The van der Waals surface area contributed by atoms with E-state index in [-0.39, 0.29) is 35.8 Å². The maximum atomic E-state index is 13.1. The Morgan fingerprint density at radius 3 is 2.55 bits per heavy atom. The second-order valence-electron chi connectivity index (χ2n) is 7.75. The van der Waals surface area contributed by atoms with E-state index < -0.39 is 0 Å². The summed E-state index contributed by atoms with van der Waals surface area (Å²) in [4.78, 5) is 31.8. The van der Waals surface area contributed by atoms with Gasteiger partial charge in [0.05, 0.1) is 6.61 Å². The van der Waals surface area contributed by atoms with Crippen LogP contribution >= 0.6 is 0 Å². The van der Waals surface area contributed by atoms with Crippen LogP contribution in [0.3, 0.4) is 0 Å². The van der Waals surface area contributed by atoms with Crippen LogP contribution in [0.15, 0.2) is 53.3 Å². The van der Waals surface area contributed by atoms with E-state index in [2.05, 4.69) is 20.1 Å². The van der Waals surface area contributed by atoms with Gasteiger partial charge in [0.15, 0.2) is 5.82 Å². The molecule has 0 bridgehead atoms. The molecule has 0 radical (unpaired) electrons. The van der Waals surface area contributed by atoms with Gasteiger partial charge in [-0.15, -0.1) is 10.2 Å². The van der Waals surface area contributed by atoms with E-state index in [0.29, 0.717) is 49.9 Å². The third kappa shape index (κ3) is 5.54. The molecule has 2 heterocycles. The van der Waals surface area contributed by atoms with E-state index >= 15 is 0 Å². The number of nitrogens with zero attached hydrogens (tertiary/aromatic N) is 4. The summed E-state index contributed by atoms with van der Waals surface area (Å²) < 4.78 is 18.6. The molecular weight excluding hydrogens is 425 g/mol. The van der Waals surface area contributed by atoms with Crippen LogP contribution in [0.1, 0.15) is 19.0 Å². The zero-order valence-electron chi connectivity index (χ0n) is 18.5. The first-order valence-electron chi connectivity index (χ1n) is 11.0. The first-order chi connectivity index (χ1) is 16.0. The molecule has 1 aliphatic rings. The van der Waals surface area contributed by atoms with Crippen molar-refractivity contribution < 1.29 is 13.9 Å². The van der Waals surface area contributed by atoms with E-state index in [4.69, 9.17) is 4.74 Å². The minimum absolute atomic E-state index is 0.0246. The lowest BCUT2D eigenvalue weighted by Crippen LogP contribution is -2.48. The number of aromatic amines is 1. The molecule has 1 aromatic heterocycles. The van der Waals surface area contributed by atoms with E-state index in [0.717, 1.165) is 5.69 Å². The molecule has 1 aliphatic heterocycles. The topological polar surface area (TPSA) is 91.4 Å². The molecule has 1 amide bonds. The molecule has 3 aromatic rings. The van der Waals surface area contributed by atoms with Gasteiger partial charge in [0.2, 0.25) is 5.91 Å². The Morgan fingerprint density at radius 1 is 1.09 bits per heavy atom. The zero-order valence-corrected chi connectivity index (χ0v) is 18.5. The summed E-state index contributed by atoms with van der Waals surface area (Å²) in [6.07, 6.45) is 0.409. The summed E-state index contributed by atoms with van der Waals surface area (Å²) in [7, 11) is 0. The minimum Gasteiger partial charge on any atom is -0.494 e. The molecule has 33 heavy (non-hydrogen) atoms. The van der Waals surface area contributed by atoms with E-state index in [1.165, 1.54) is 12.1 Å². The van der Waals surface area contributed by atoms with Crippen LogP contribution in [-0.4, -0.2) is 58.8 Å². The number of aryl methyl sites for hydroxylation is 1. The molecule has 1 N–H and O–H groups in total. The highest BCUT2D eigenvalue weighted by Gasteiger charge is 2.21. The smallest absolute Gasteiger partial charge is 0.273 e. The molecule has 4 rings (SSSR count). The Bertz CT molecular complexity index is 1160. The molecule has 0 spiro atoms. The van der Waals surface area contributed by atoms with Gasteiger partial charge < -0.3 is 19.5 Å². The van der Waals surface area contributed by atoms with Crippen LogP contribution < -0.4 is 15.2 Å². The molecule has 8 nitrogen and oxygen atoms in total. The lowest BCUT2D eigenvalue weighted by Gasteiger charge is -2.36. The summed E-state index contributed by atoms with van der Waals surface area (Å²) in [5.41, 5.74) is 1.53. The minimum atomic E-state index is -0.351. The SMILES string of the molecule is CCOc1cccc(-c2nnc(CCC(=O)N3CCN(c4ccc(F)cc4)CC3)c(=O)[nH]2)c1. The Kier molecular flexibility index (Phi) is 6.97. The van der Waals surface area contributed by atoms with Crippen molar-refractivity contribution in [2.45, 2.75) is 19.8 Å². The number of ether oxygens (including phenoxy) is 1. The van der Waals surface area contributed by atoms with Gasteiger partial charge in [0, 0.05) is 50.3 Å². The van der Waals surface area contributed by atoms with Crippen LogP contribution in [-0.2, 0) is 11.2 Å². The van der Waals surface area contributed by atoms with Gasteiger partial charge in [0.1, 0.15) is 17.3 Å². The number of halogens is 1. The van der Waals surface area contributed by atoms with Crippen molar-refractivity contribution in [3.8, 4) is 17.1 Å². The fourth-order valence-electron chi connectivity index (χ4n) is 3.80. The number of nitrogens with one attached hydrogen (secondary N) is 1. The highest BCUT2D eigenvalue weighted by molar-refractivity contribution is 5.76. The number of carbonyl (C=O) groups excluding carboxylic acids is 1. The molecule has 0 atom stereocenters. The van der Waals surface area contributed by atoms with E-state index in [9.17, 15) is 14.0 Å². The molecular formula is C24H26FN5O3. The van der Waals surface area contributed by atoms with Crippen molar-refractivity contribution in [3.05, 3.63) is 70.4 Å². The van der Waals surface area contributed by atoms with Crippen molar-refractivity contribution >= 4 is 11.6 Å². The summed E-state index contributed by atoms with van der Waals surface area (Å²) in [6.45, 7) is 4.94. The lowest BCUT2D eigenvalue weighted by atomic mass is 10.2. The van der Waals surface area contributed by atoms with Gasteiger partial charge in [-0.3, -0.25) is 9.59 Å². The highest BCUT2D eigenvalue weighted by atomic mass is 19.1. The summed E-state index contributed by atoms with van der Waals surface area (Å²) in [5, 5.41) is 8.19. The Labute approximate surface area is 191 Å². The first-order valence-corrected chi connectivity index (χ1v) is 11.0. The maximum Gasteiger partial charge on any atom is 0.273 e. The summed E-state index contributed by atoms with van der Waals surface area (Å²) in [5.74, 6) is 0.751. The summed E-state index contributed by atoms with van der Waals surface area (Å²) >= 11 is 0. The monoisotopic (exact) mass is 451 g/mol. The van der Waals surface area contributed by atoms with Crippen LogP contribution in [0, 0.1) is 5.82 Å². The van der Waals surface area contributed by atoms with Crippen LogP contribution in [0.4, 0.5) is 10.1 Å². The lowest BCUT2D eigenvalue weighted by molar-refractivity contribution is -0.131. The predicted molar refractivity (Wildman–Crippen MR) is 123 cm³/mol. The number of rotatable bonds is 7. The third-order valence-corrected chi connectivity index (χ3v) is 5.58. The van der Waals surface area contributed by atoms with Crippen molar-refractivity contribution in [2.24, 2.45) is 0 Å². The number of carbonyl (C=O) groups is 1. The fraction of sp³-hybridized carbons (Fsp3) is 0.333. The van der Waals surface area contributed by atoms with E-state index in [1.807, 2.05) is 25.1 Å². The number of hydrogen-bond acceptors (Lipinski definition) is 6. The number of anilines is 1. The van der Waals surface area contributed by atoms with Gasteiger partial charge in [-0.25, -0.2) is 4.39 Å². The van der Waals surface area contributed by atoms with Crippen molar-refractivity contribution in [1.29, 1.82) is 0 Å². The largest absolute Gasteiger partial charge is 0.494 e. The van der Waals surface area contributed by atoms with Crippen LogP contribution in [0.5, 0.6) is 5.75 Å². The van der Waals surface area contributed by atoms with Gasteiger partial charge in [-0.1, -0.05) is 12.1 Å². The number of amides is 1. The molecule has 0 unspecified atom stereocenters. The summed E-state index contributed by atoms with van der Waals surface area (Å²) in [6, 6.07) is 13.6. The Morgan fingerprint density at radius 2 is 1.85 bits per heavy atom. The quantitative estimate of drug-likeness (QED) is 0.594. The number of H-pyrrole nitrogens is 1. The normalized spacial score (nSPS) is 13.8. The average Bonchev–Trinajstić information content (AvgIpc) is 2.84. The van der Waals surface area contributed by atoms with Crippen molar-refractivity contribution in [1.82, 2.24) is 20.1 Å². The number of piperazine rings is 1. The molecule has 2 aromatic carbocycles. The highest BCUT2D eigenvalue weighted by Crippen LogP contribution is 2.20. The van der Waals surface area contributed by atoms with Crippen molar-refractivity contribution in [2.75, 3.05) is 37.7 Å². The fourth-order valence-corrected chi connectivity index (χ4v) is 3.80. The second-order valence-corrected chi connectivity index (χ2v) is 7.75. The zero-order chi connectivity index (χ0) is 23.2. The van der Waals surface area contributed by atoms with Gasteiger partial charge in [-0.2, -0.15) is 0 Å². The standard InChI is InChI=1S/C24H26FN5O3/c1-2-33-20-5-3-4-17(16-20)23-26-24(32)21(27-28-23)10-11-22(31)30-14-12-29(13-15-30)19-8-6-18(25)7-9-19/h3-9,16H,2,10-15H2,1H3,(H,26,28,32). The Balaban J connectivity index is 1.32. The molecule has 1 saturated heterocycles. The third-order valence-electron chi connectivity index (χ3n) is 5.58. The van der Waals surface area contributed by atoms with E-state index in [1.54, 1.807) is 23.1 Å².